The maximum atomic E-state index is 11.5. The molecule has 0 spiro atoms. The van der Waals surface area contributed by atoms with E-state index in [-0.39, 0.29) is 11.4 Å². The minimum absolute atomic E-state index is 0.0181. The molecular weight excluding hydrogens is 280 g/mol. The van der Waals surface area contributed by atoms with Crippen molar-refractivity contribution in [2.45, 2.75) is 32.9 Å². The van der Waals surface area contributed by atoms with Crippen LogP contribution in [0.5, 0.6) is 0 Å². The molecule has 0 aliphatic rings. The molecule has 0 aromatic heterocycles. The Morgan fingerprint density at radius 3 is 2.53 bits per heavy atom. The van der Waals surface area contributed by atoms with Crippen LogP contribution in [0.25, 0.3) is 0 Å². The molecule has 0 radical (unpaired) electrons. The van der Waals surface area contributed by atoms with Gasteiger partial charge in [0.05, 0.1) is 6.54 Å². The molecule has 17 heavy (non-hydrogen) atoms. The van der Waals surface area contributed by atoms with Crippen LogP contribution in [0.3, 0.4) is 0 Å². The van der Waals surface area contributed by atoms with Gasteiger partial charge in [0.1, 0.15) is 0 Å². The molecule has 3 nitrogen and oxygen atoms in total. The summed E-state index contributed by atoms with van der Waals surface area (Å²) in [5.41, 5.74) is 0.975. The minimum atomic E-state index is -0.175. The van der Waals surface area contributed by atoms with Crippen molar-refractivity contribution in [1.29, 1.82) is 0 Å². The first-order valence-corrected chi connectivity index (χ1v) is 6.43. The average molecular weight is 299 g/mol. The van der Waals surface area contributed by atoms with Crippen LogP contribution in [-0.2, 0) is 11.3 Å². The molecule has 0 unspecified atom stereocenters. The van der Waals surface area contributed by atoms with Gasteiger partial charge >= 0.3 is 0 Å². The first-order valence-electron chi connectivity index (χ1n) is 5.63. The normalized spacial score (nSPS) is 11.3. The third-order valence-electron chi connectivity index (χ3n) is 2.07. The standard InChI is InChI=1S/C13H19BrN2O/c1-13(2,3)16-12(17)9-15-8-10-6-4-5-7-11(10)14/h4-7,15H,8-9H2,1-3H3,(H,16,17). The second kappa shape index (κ2) is 6.17. The second-order valence-corrected chi connectivity index (χ2v) is 5.85. The number of hydrogen-bond donors (Lipinski definition) is 2. The molecule has 0 saturated carbocycles. The van der Waals surface area contributed by atoms with Crippen LogP contribution >= 0.6 is 15.9 Å². The monoisotopic (exact) mass is 298 g/mol. The fourth-order valence-electron chi connectivity index (χ4n) is 1.41. The molecule has 0 aliphatic heterocycles. The molecule has 0 atom stereocenters. The highest BCUT2D eigenvalue weighted by Gasteiger charge is 2.12. The lowest BCUT2D eigenvalue weighted by atomic mass is 10.1. The molecule has 0 fully saturated rings. The van der Waals surface area contributed by atoms with Crippen LogP contribution in [-0.4, -0.2) is 18.0 Å². The molecule has 1 rings (SSSR count). The van der Waals surface area contributed by atoms with Crippen LogP contribution < -0.4 is 10.6 Å². The molecule has 1 aromatic rings. The van der Waals surface area contributed by atoms with Gasteiger partial charge in [-0.25, -0.2) is 0 Å². The topological polar surface area (TPSA) is 41.1 Å². The molecule has 4 heteroatoms. The Morgan fingerprint density at radius 1 is 1.29 bits per heavy atom. The number of rotatable bonds is 4. The Labute approximate surface area is 111 Å². The van der Waals surface area contributed by atoms with E-state index in [9.17, 15) is 4.79 Å². The van der Waals surface area contributed by atoms with Gasteiger partial charge in [0, 0.05) is 16.6 Å². The van der Waals surface area contributed by atoms with Gasteiger partial charge in [-0.2, -0.15) is 0 Å². The number of carbonyl (C=O) groups excluding carboxylic acids is 1. The van der Waals surface area contributed by atoms with E-state index in [0.29, 0.717) is 13.1 Å². The zero-order valence-electron chi connectivity index (χ0n) is 10.5. The summed E-state index contributed by atoms with van der Waals surface area (Å²) in [6.07, 6.45) is 0. The highest BCUT2D eigenvalue weighted by atomic mass is 79.9. The lowest BCUT2D eigenvalue weighted by Gasteiger charge is -2.20. The van der Waals surface area contributed by atoms with Crippen LogP contribution in [0.4, 0.5) is 0 Å². The fraction of sp³-hybridized carbons (Fsp3) is 0.462. The number of carbonyl (C=O) groups is 1. The van der Waals surface area contributed by atoms with Crippen molar-refractivity contribution in [1.82, 2.24) is 10.6 Å². The van der Waals surface area contributed by atoms with E-state index < -0.39 is 0 Å². The third kappa shape index (κ3) is 5.84. The second-order valence-electron chi connectivity index (χ2n) is 4.99. The van der Waals surface area contributed by atoms with Gasteiger partial charge in [0.15, 0.2) is 0 Å². The molecule has 94 valence electrons. The third-order valence-corrected chi connectivity index (χ3v) is 2.85. The highest BCUT2D eigenvalue weighted by molar-refractivity contribution is 9.10. The SMILES string of the molecule is CC(C)(C)NC(=O)CNCc1ccccc1Br. The van der Waals surface area contributed by atoms with Crippen LogP contribution in [0.2, 0.25) is 0 Å². The van der Waals surface area contributed by atoms with Crippen molar-refractivity contribution in [3.63, 3.8) is 0 Å². The largest absolute Gasteiger partial charge is 0.350 e. The Morgan fingerprint density at radius 2 is 1.94 bits per heavy atom. The predicted molar refractivity (Wildman–Crippen MR) is 73.7 cm³/mol. The van der Waals surface area contributed by atoms with Crippen molar-refractivity contribution in [3.05, 3.63) is 34.3 Å². The molecule has 0 aliphatic carbocycles. The van der Waals surface area contributed by atoms with Gasteiger partial charge in [0.2, 0.25) is 5.91 Å². The number of halogens is 1. The Kier molecular flexibility index (Phi) is 5.15. The average Bonchev–Trinajstić information content (AvgIpc) is 2.18. The molecule has 1 amide bonds. The zero-order valence-corrected chi connectivity index (χ0v) is 12.1. The number of benzene rings is 1. The lowest BCUT2D eigenvalue weighted by Crippen LogP contribution is -2.44. The summed E-state index contributed by atoms with van der Waals surface area (Å²) in [4.78, 5) is 11.5. The quantitative estimate of drug-likeness (QED) is 0.896. The van der Waals surface area contributed by atoms with Gasteiger partial charge < -0.3 is 10.6 Å². The van der Waals surface area contributed by atoms with Crippen LogP contribution in [0.15, 0.2) is 28.7 Å². The molecule has 1 aromatic carbocycles. The molecule has 0 saturated heterocycles. The van der Waals surface area contributed by atoms with Gasteiger partial charge in [-0.05, 0) is 32.4 Å². The summed E-state index contributed by atoms with van der Waals surface area (Å²) in [6, 6.07) is 7.97. The van der Waals surface area contributed by atoms with E-state index in [0.717, 1.165) is 10.0 Å². The first-order chi connectivity index (χ1) is 7.88. The van der Waals surface area contributed by atoms with Crippen molar-refractivity contribution in [3.8, 4) is 0 Å². The predicted octanol–water partition coefficient (Wildman–Crippen LogP) is 2.45. The van der Waals surface area contributed by atoms with E-state index in [1.54, 1.807) is 0 Å². The van der Waals surface area contributed by atoms with Gasteiger partial charge in [-0.15, -0.1) is 0 Å². The summed E-state index contributed by atoms with van der Waals surface area (Å²) in [5, 5.41) is 6.03. The van der Waals surface area contributed by atoms with Crippen molar-refractivity contribution in [2.75, 3.05) is 6.54 Å². The van der Waals surface area contributed by atoms with Crippen molar-refractivity contribution < 1.29 is 4.79 Å². The van der Waals surface area contributed by atoms with E-state index >= 15 is 0 Å². The molecule has 0 bridgehead atoms. The van der Waals surface area contributed by atoms with Crippen LogP contribution in [0.1, 0.15) is 26.3 Å². The summed E-state index contributed by atoms with van der Waals surface area (Å²) >= 11 is 3.47. The number of amides is 1. The van der Waals surface area contributed by atoms with Crippen molar-refractivity contribution >= 4 is 21.8 Å². The summed E-state index contributed by atoms with van der Waals surface area (Å²) < 4.78 is 1.06. The van der Waals surface area contributed by atoms with Gasteiger partial charge in [0.25, 0.3) is 0 Å². The van der Waals surface area contributed by atoms with E-state index in [2.05, 4.69) is 26.6 Å². The van der Waals surface area contributed by atoms with Gasteiger partial charge in [-0.3, -0.25) is 4.79 Å². The summed E-state index contributed by atoms with van der Waals surface area (Å²) in [7, 11) is 0. The number of hydrogen-bond acceptors (Lipinski definition) is 2. The smallest absolute Gasteiger partial charge is 0.234 e. The highest BCUT2D eigenvalue weighted by Crippen LogP contribution is 2.15. The lowest BCUT2D eigenvalue weighted by molar-refractivity contribution is -0.121. The Bertz CT molecular complexity index is 385. The molecule has 0 heterocycles. The first kappa shape index (κ1) is 14.2. The van der Waals surface area contributed by atoms with Crippen LogP contribution in [0, 0.1) is 0 Å². The summed E-state index contributed by atoms with van der Waals surface area (Å²) in [6.45, 7) is 6.92. The van der Waals surface area contributed by atoms with E-state index in [4.69, 9.17) is 0 Å². The minimum Gasteiger partial charge on any atom is -0.350 e. The van der Waals surface area contributed by atoms with E-state index in [1.165, 1.54) is 0 Å². The molecule has 2 N–H and O–H groups in total. The maximum absolute atomic E-state index is 11.5. The molecular formula is C13H19BrN2O. The fourth-order valence-corrected chi connectivity index (χ4v) is 1.84. The van der Waals surface area contributed by atoms with Crippen molar-refractivity contribution in [2.24, 2.45) is 0 Å². The van der Waals surface area contributed by atoms with Gasteiger partial charge in [-0.1, -0.05) is 34.1 Å². The summed E-state index contributed by atoms with van der Waals surface area (Å²) in [5.74, 6) is 0.0181. The number of nitrogens with one attached hydrogen (secondary N) is 2. The van der Waals surface area contributed by atoms with E-state index in [1.807, 2.05) is 45.0 Å². The zero-order chi connectivity index (χ0) is 12.9. The Balaban J connectivity index is 2.34. The Hall–Kier alpha value is -0.870. The maximum Gasteiger partial charge on any atom is 0.234 e.